The molecule has 0 atom stereocenters. The van der Waals surface area contributed by atoms with Gasteiger partial charge in [-0.3, -0.25) is 4.79 Å². The Morgan fingerprint density at radius 1 is 1.37 bits per heavy atom. The second kappa shape index (κ2) is 7.35. The number of halogens is 1. The van der Waals surface area contributed by atoms with Gasteiger partial charge >= 0.3 is 0 Å². The smallest absolute Gasteiger partial charge is 0.259 e. The normalized spacial score (nSPS) is 10.2. The van der Waals surface area contributed by atoms with Crippen LogP contribution in [0.15, 0.2) is 16.6 Å². The van der Waals surface area contributed by atoms with Crippen molar-refractivity contribution in [1.29, 1.82) is 0 Å². The van der Waals surface area contributed by atoms with Gasteiger partial charge in [-0.2, -0.15) is 0 Å². The highest BCUT2D eigenvalue weighted by Crippen LogP contribution is 2.37. The number of amides is 1. The Morgan fingerprint density at radius 3 is 2.58 bits per heavy atom. The van der Waals surface area contributed by atoms with Gasteiger partial charge in [0.25, 0.3) is 5.91 Å². The summed E-state index contributed by atoms with van der Waals surface area (Å²) in [7, 11) is 3.33. The summed E-state index contributed by atoms with van der Waals surface area (Å²) in [5.74, 6) is 0.835. The van der Waals surface area contributed by atoms with E-state index in [-0.39, 0.29) is 19.1 Å². The molecular weight excluding hydrogens is 314 g/mol. The van der Waals surface area contributed by atoms with Crippen LogP contribution in [0.5, 0.6) is 11.5 Å². The van der Waals surface area contributed by atoms with Crippen LogP contribution < -0.4 is 9.47 Å². The van der Waals surface area contributed by atoms with Gasteiger partial charge in [0.15, 0.2) is 18.1 Å². The minimum Gasteiger partial charge on any atom is -0.490 e. The average molecular weight is 332 g/mol. The van der Waals surface area contributed by atoms with Gasteiger partial charge in [0.2, 0.25) is 0 Å². The fourth-order valence-electron chi connectivity index (χ4n) is 1.38. The van der Waals surface area contributed by atoms with E-state index in [1.165, 1.54) is 4.90 Å². The summed E-state index contributed by atoms with van der Waals surface area (Å²) >= 11 is 3.35. The Morgan fingerprint density at radius 2 is 2.05 bits per heavy atom. The molecule has 0 aromatic heterocycles. The van der Waals surface area contributed by atoms with Crippen molar-refractivity contribution in [2.75, 3.05) is 27.3 Å². The lowest BCUT2D eigenvalue weighted by molar-refractivity contribution is -0.130. The molecule has 0 aliphatic carbocycles. The number of aliphatic hydroxyl groups is 1. The number of carbonyl (C=O) groups is 1. The minimum absolute atomic E-state index is 0.0653. The molecule has 0 fully saturated rings. The SMILES string of the molecule is CCOc1cc(CO)cc(Br)c1OCC(=O)N(C)C. The van der Waals surface area contributed by atoms with E-state index in [4.69, 9.17) is 14.6 Å². The zero-order chi connectivity index (χ0) is 14.4. The molecule has 6 heteroatoms. The summed E-state index contributed by atoms with van der Waals surface area (Å²) in [5, 5.41) is 9.16. The van der Waals surface area contributed by atoms with E-state index in [0.717, 1.165) is 0 Å². The first-order valence-electron chi connectivity index (χ1n) is 5.88. The van der Waals surface area contributed by atoms with Crippen LogP contribution in [-0.2, 0) is 11.4 Å². The van der Waals surface area contributed by atoms with Gasteiger partial charge in [-0.1, -0.05) is 0 Å². The maximum absolute atomic E-state index is 11.5. The molecule has 0 heterocycles. The Balaban J connectivity index is 2.94. The minimum atomic E-state index is -0.138. The molecule has 0 unspecified atom stereocenters. The van der Waals surface area contributed by atoms with E-state index in [0.29, 0.717) is 28.1 Å². The Bertz CT molecular complexity index is 449. The standard InChI is InChI=1S/C13H18BrNO4/c1-4-18-11-6-9(7-16)5-10(14)13(11)19-8-12(17)15(2)3/h5-6,16H,4,7-8H2,1-3H3. The molecule has 19 heavy (non-hydrogen) atoms. The lowest BCUT2D eigenvalue weighted by Crippen LogP contribution is -2.27. The van der Waals surface area contributed by atoms with Gasteiger partial charge in [-0.05, 0) is 40.5 Å². The lowest BCUT2D eigenvalue weighted by atomic mass is 10.2. The Kier molecular flexibility index (Phi) is 6.11. The van der Waals surface area contributed by atoms with Crippen molar-refractivity contribution in [3.63, 3.8) is 0 Å². The molecule has 5 nitrogen and oxygen atoms in total. The highest BCUT2D eigenvalue weighted by Gasteiger charge is 2.14. The number of aliphatic hydroxyl groups excluding tert-OH is 1. The summed E-state index contributed by atoms with van der Waals surface area (Å²) < 4.78 is 11.6. The number of carbonyl (C=O) groups excluding carboxylic acids is 1. The van der Waals surface area contributed by atoms with Crippen LogP contribution >= 0.6 is 15.9 Å². The van der Waals surface area contributed by atoms with Crippen molar-refractivity contribution in [2.45, 2.75) is 13.5 Å². The topological polar surface area (TPSA) is 59.0 Å². The number of likely N-dealkylation sites (N-methyl/N-ethyl adjacent to an activating group) is 1. The molecule has 106 valence electrons. The molecule has 0 bridgehead atoms. The third kappa shape index (κ3) is 4.40. The molecule has 1 aromatic carbocycles. The van der Waals surface area contributed by atoms with E-state index < -0.39 is 0 Å². The van der Waals surface area contributed by atoms with Gasteiger partial charge in [0.1, 0.15) is 0 Å². The Hall–Kier alpha value is -1.27. The Labute approximate surface area is 121 Å². The van der Waals surface area contributed by atoms with Crippen molar-refractivity contribution in [3.05, 3.63) is 22.2 Å². The van der Waals surface area contributed by atoms with Crippen molar-refractivity contribution in [3.8, 4) is 11.5 Å². The molecule has 1 aromatic rings. The maximum Gasteiger partial charge on any atom is 0.259 e. The third-order valence-corrected chi connectivity index (χ3v) is 2.98. The predicted octanol–water partition coefficient (Wildman–Crippen LogP) is 1.81. The molecule has 0 saturated carbocycles. The van der Waals surface area contributed by atoms with E-state index in [1.54, 1.807) is 26.2 Å². The largest absolute Gasteiger partial charge is 0.490 e. The van der Waals surface area contributed by atoms with Crippen LogP contribution in [0, 0.1) is 0 Å². The van der Waals surface area contributed by atoms with Gasteiger partial charge in [-0.15, -0.1) is 0 Å². The van der Waals surface area contributed by atoms with Crippen LogP contribution in [0.4, 0.5) is 0 Å². The van der Waals surface area contributed by atoms with Crippen molar-refractivity contribution in [1.82, 2.24) is 4.90 Å². The number of ether oxygens (including phenoxy) is 2. The number of nitrogens with zero attached hydrogens (tertiary/aromatic N) is 1. The van der Waals surface area contributed by atoms with Crippen LogP contribution in [0.1, 0.15) is 12.5 Å². The first kappa shape index (κ1) is 15.8. The van der Waals surface area contributed by atoms with Gasteiger partial charge in [0.05, 0.1) is 17.7 Å². The number of hydrogen-bond acceptors (Lipinski definition) is 4. The maximum atomic E-state index is 11.5. The average Bonchev–Trinajstić information content (AvgIpc) is 2.37. The summed E-state index contributed by atoms with van der Waals surface area (Å²) in [6, 6.07) is 3.43. The molecule has 1 rings (SSSR count). The number of rotatable bonds is 6. The zero-order valence-electron chi connectivity index (χ0n) is 11.3. The second-order valence-corrected chi connectivity index (χ2v) is 4.93. The number of hydrogen-bond donors (Lipinski definition) is 1. The second-order valence-electron chi connectivity index (χ2n) is 4.07. The molecule has 0 saturated heterocycles. The summed E-state index contributed by atoms with van der Waals surface area (Å²) in [6.45, 7) is 2.17. The van der Waals surface area contributed by atoms with Gasteiger partial charge in [-0.25, -0.2) is 0 Å². The van der Waals surface area contributed by atoms with E-state index in [2.05, 4.69) is 15.9 Å². The lowest BCUT2D eigenvalue weighted by Gasteiger charge is -2.16. The fraction of sp³-hybridized carbons (Fsp3) is 0.462. The van der Waals surface area contributed by atoms with E-state index >= 15 is 0 Å². The molecule has 0 radical (unpaired) electrons. The molecular formula is C13H18BrNO4. The molecule has 0 spiro atoms. The third-order valence-electron chi connectivity index (χ3n) is 2.39. The fourth-order valence-corrected chi connectivity index (χ4v) is 1.98. The van der Waals surface area contributed by atoms with Gasteiger partial charge < -0.3 is 19.5 Å². The first-order chi connectivity index (χ1) is 8.99. The molecule has 1 N–H and O–H groups in total. The highest BCUT2D eigenvalue weighted by atomic mass is 79.9. The van der Waals surface area contributed by atoms with Crippen LogP contribution in [0.2, 0.25) is 0 Å². The van der Waals surface area contributed by atoms with Crippen LogP contribution in [-0.4, -0.2) is 43.2 Å². The van der Waals surface area contributed by atoms with Crippen molar-refractivity contribution < 1.29 is 19.4 Å². The van der Waals surface area contributed by atoms with Crippen molar-refractivity contribution >= 4 is 21.8 Å². The van der Waals surface area contributed by atoms with E-state index in [1.807, 2.05) is 6.92 Å². The predicted molar refractivity (Wildman–Crippen MR) is 75.4 cm³/mol. The molecule has 1 amide bonds. The van der Waals surface area contributed by atoms with Gasteiger partial charge in [0, 0.05) is 14.1 Å². The van der Waals surface area contributed by atoms with E-state index in [9.17, 15) is 4.79 Å². The van der Waals surface area contributed by atoms with Crippen molar-refractivity contribution in [2.24, 2.45) is 0 Å². The van der Waals surface area contributed by atoms with Crippen LogP contribution in [0.25, 0.3) is 0 Å². The van der Waals surface area contributed by atoms with Crippen LogP contribution in [0.3, 0.4) is 0 Å². The molecule has 0 aliphatic heterocycles. The number of benzene rings is 1. The zero-order valence-corrected chi connectivity index (χ0v) is 12.9. The summed E-state index contributed by atoms with van der Waals surface area (Å²) in [6.07, 6.45) is 0. The first-order valence-corrected chi connectivity index (χ1v) is 6.67. The highest BCUT2D eigenvalue weighted by molar-refractivity contribution is 9.10. The summed E-state index contributed by atoms with van der Waals surface area (Å²) in [4.78, 5) is 13.0. The monoisotopic (exact) mass is 331 g/mol. The quantitative estimate of drug-likeness (QED) is 0.863. The summed E-state index contributed by atoms with van der Waals surface area (Å²) in [5.41, 5.74) is 0.710. The molecule has 0 aliphatic rings.